The van der Waals surface area contributed by atoms with Gasteiger partial charge in [-0.25, -0.2) is 8.42 Å². The van der Waals surface area contributed by atoms with Crippen molar-refractivity contribution in [3.63, 3.8) is 0 Å². The quantitative estimate of drug-likeness (QED) is 0.794. The van der Waals surface area contributed by atoms with Crippen LogP contribution in [0.3, 0.4) is 0 Å². The third-order valence-electron chi connectivity index (χ3n) is 4.52. The Kier molecular flexibility index (Phi) is 6.37. The molecule has 2 heterocycles. The van der Waals surface area contributed by atoms with Crippen LogP contribution in [-0.2, 0) is 21.4 Å². The number of aromatic nitrogens is 1. The minimum absolute atomic E-state index is 0.0766. The summed E-state index contributed by atoms with van der Waals surface area (Å²) in [6.07, 6.45) is 2.61. The summed E-state index contributed by atoms with van der Waals surface area (Å²) in [4.78, 5) is 16.6. The maximum atomic E-state index is 12.8. The number of halogens is 2. The van der Waals surface area contributed by atoms with Crippen molar-refractivity contribution in [1.82, 2.24) is 14.6 Å². The number of carbonyl (C=O) groups is 1. The summed E-state index contributed by atoms with van der Waals surface area (Å²) < 4.78 is 26.9. The molecule has 1 aliphatic rings. The first-order valence-corrected chi connectivity index (χ1v) is 10.7. The molecule has 0 spiro atoms. The van der Waals surface area contributed by atoms with Crippen LogP contribution in [0, 0.1) is 5.92 Å². The smallest absolute Gasteiger partial charge is 0.243 e. The summed E-state index contributed by atoms with van der Waals surface area (Å²) in [6, 6.07) is 9.78. The fourth-order valence-corrected chi connectivity index (χ4v) is 4.83. The predicted molar refractivity (Wildman–Crippen MR) is 104 cm³/mol. The molecular weight excluding hydrogens is 409 g/mol. The first-order chi connectivity index (χ1) is 12.9. The molecule has 1 fully saturated rings. The second kappa shape index (κ2) is 8.56. The second-order valence-electron chi connectivity index (χ2n) is 6.29. The zero-order chi connectivity index (χ0) is 19.4. The van der Waals surface area contributed by atoms with Crippen LogP contribution in [0.2, 0.25) is 10.0 Å². The third kappa shape index (κ3) is 4.79. The van der Waals surface area contributed by atoms with Gasteiger partial charge in [0.2, 0.25) is 15.9 Å². The van der Waals surface area contributed by atoms with Crippen LogP contribution in [0.5, 0.6) is 0 Å². The number of hydrogen-bond donors (Lipinski definition) is 1. The van der Waals surface area contributed by atoms with Gasteiger partial charge in [0.1, 0.15) is 0 Å². The minimum Gasteiger partial charge on any atom is -0.350 e. The summed E-state index contributed by atoms with van der Waals surface area (Å²) in [5.41, 5.74) is 0.783. The number of nitrogens with zero attached hydrogens (tertiary/aromatic N) is 2. The lowest BCUT2D eigenvalue weighted by Crippen LogP contribution is -2.42. The molecule has 0 saturated carbocycles. The van der Waals surface area contributed by atoms with Gasteiger partial charge in [0.25, 0.3) is 0 Å². The van der Waals surface area contributed by atoms with Crippen molar-refractivity contribution in [3.8, 4) is 0 Å². The highest BCUT2D eigenvalue weighted by Gasteiger charge is 2.32. The molecule has 1 aromatic heterocycles. The predicted octanol–water partition coefficient (Wildman–Crippen LogP) is 3.11. The average molecular weight is 428 g/mol. The lowest BCUT2D eigenvalue weighted by atomic mass is 9.97. The molecule has 3 rings (SSSR count). The molecule has 1 amide bonds. The van der Waals surface area contributed by atoms with Gasteiger partial charge in [-0.05, 0) is 43.2 Å². The van der Waals surface area contributed by atoms with Crippen molar-refractivity contribution in [3.05, 3.63) is 58.3 Å². The number of hydrogen-bond acceptors (Lipinski definition) is 4. The van der Waals surface area contributed by atoms with Crippen molar-refractivity contribution >= 4 is 39.1 Å². The van der Waals surface area contributed by atoms with E-state index in [0.717, 1.165) is 5.69 Å². The molecule has 0 aliphatic carbocycles. The lowest BCUT2D eigenvalue weighted by Gasteiger charge is -2.30. The Morgan fingerprint density at radius 3 is 2.52 bits per heavy atom. The van der Waals surface area contributed by atoms with Gasteiger partial charge in [0, 0.05) is 25.2 Å². The van der Waals surface area contributed by atoms with Gasteiger partial charge in [0.15, 0.2) is 0 Å². The van der Waals surface area contributed by atoms with E-state index in [9.17, 15) is 13.2 Å². The topological polar surface area (TPSA) is 79.4 Å². The van der Waals surface area contributed by atoms with Crippen LogP contribution in [0.15, 0.2) is 47.5 Å². The number of amides is 1. The maximum absolute atomic E-state index is 12.8. The van der Waals surface area contributed by atoms with Crippen molar-refractivity contribution in [2.45, 2.75) is 24.3 Å². The Hall–Kier alpha value is -1.67. The van der Waals surface area contributed by atoms with Gasteiger partial charge < -0.3 is 5.32 Å². The Labute approximate surface area is 168 Å². The van der Waals surface area contributed by atoms with Crippen LogP contribution in [0.1, 0.15) is 18.5 Å². The van der Waals surface area contributed by atoms with Gasteiger partial charge in [0.05, 0.1) is 27.2 Å². The first-order valence-electron chi connectivity index (χ1n) is 8.51. The van der Waals surface area contributed by atoms with E-state index in [1.807, 2.05) is 18.2 Å². The highest BCUT2D eigenvalue weighted by molar-refractivity contribution is 7.89. The van der Waals surface area contributed by atoms with Crippen molar-refractivity contribution in [1.29, 1.82) is 0 Å². The monoisotopic (exact) mass is 427 g/mol. The normalized spacial score (nSPS) is 16.2. The van der Waals surface area contributed by atoms with E-state index in [0.29, 0.717) is 24.4 Å². The zero-order valence-corrected chi connectivity index (χ0v) is 16.8. The molecule has 27 heavy (non-hydrogen) atoms. The fourth-order valence-electron chi connectivity index (χ4n) is 2.97. The summed E-state index contributed by atoms with van der Waals surface area (Å²) in [7, 11) is -3.66. The molecular formula is C18H19Cl2N3O3S. The molecule has 6 nitrogen and oxygen atoms in total. The molecule has 1 N–H and O–H groups in total. The van der Waals surface area contributed by atoms with Crippen LogP contribution in [-0.4, -0.2) is 36.7 Å². The van der Waals surface area contributed by atoms with E-state index in [1.54, 1.807) is 6.20 Å². The largest absolute Gasteiger partial charge is 0.350 e. The standard InChI is InChI=1S/C18H19Cl2N3O3S/c19-16-5-4-15(11-17(16)20)27(25,26)23-9-6-13(7-10-23)18(24)22-12-14-3-1-2-8-21-14/h1-5,8,11,13H,6-7,9-10,12H2,(H,22,24). The second-order valence-corrected chi connectivity index (χ2v) is 9.05. The van der Waals surface area contributed by atoms with Crippen LogP contribution in [0.4, 0.5) is 0 Å². The number of sulfonamides is 1. The molecule has 144 valence electrons. The number of carbonyl (C=O) groups excluding carboxylic acids is 1. The molecule has 1 aromatic carbocycles. The number of benzene rings is 1. The average Bonchev–Trinajstić information content (AvgIpc) is 2.69. The molecule has 9 heteroatoms. The molecule has 0 unspecified atom stereocenters. The van der Waals surface area contributed by atoms with E-state index in [4.69, 9.17) is 23.2 Å². The van der Waals surface area contributed by atoms with Gasteiger partial charge in [-0.15, -0.1) is 0 Å². The Bertz CT molecular complexity index is 915. The van der Waals surface area contributed by atoms with Crippen molar-refractivity contribution < 1.29 is 13.2 Å². The molecule has 0 radical (unpaired) electrons. The number of piperidine rings is 1. The lowest BCUT2D eigenvalue weighted by molar-refractivity contribution is -0.126. The van der Waals surface area contributed by atoms with Gasteiger partial charge in [-0.2, -0.15) is 4.31 Å². The minimum atomic E-state index is -3.66. The van der Waals surface area contributed by atoms with E-state index in [2.05, 4.69) is 10.3 Å². The van der Waals surface area contributed by atoms with Crippen LogP contribution in [0.25, 0.3) is 0 Å². The zero-order valence-electron chi connectivity index (χ0n) is 14.4. The van der Waals surface area contributed by atoms with E-state index in [-0.39, 0.29) is 34.8 Å². The van der Waals surface area contributed by atoms with Crippen LogP contribution >= 0.6 is 23.2 Å². The first kappa shape index (κ1) is 20.1. The number of pyridine rings is 1. The Morgan fingerprint density at radius 2 is 1.89 bits per heavy atom. The summed E-state index contributed by atoms with van der Waals surface area (Å²) in [5, 5.41) is 3.37. The van der Waals surface area contributed by atoms with Crippen LogP contribution < -0.4 is 5.32 Å². The fraction of sp³-hybridized carbons (Fsp3) is 0.333. The summed E-state index contributed by atoms with van der Waals surface area (Å²) >= 11 is 11.8. The Balaban J connectivity index is 1.57. The number of rotatable bonds is 5. The Morgan fingerprint density at radius 1 is 1.15 bits per heavy atom. The maximum Gasteiger partial charge on any atom is 0.243 e. The van der Waals surface area contributed by atoms with E-state index >= 15 is 0 Å². The third-order valence-corrected chi connectivity index (χ3v) is 7.16. The van der Waals surface area contributed by atoms with Crippen molar-refractivity contribution in [2.24, 2.45) is 5.92 Å². The highest BCUT2D eigenvalue weighted by Crippen LogP contribution is 2.28. The number of nitrogens with one attached hydrogen (secondary N) is 1. The molecule has 1 saturated heterocycles. The molecule has 0 bridgehead atoms. The van der Waals surface area contributed by atoms with E-state index in [1.165, 1.54) is 22.5 Å². The van der Waals surface area contributed by atoms with E-state index < -0.39 is 10.0 Å². The molecule has 2 aromatic rings. The van der Waals surface area contributed by atoms with Crippen molar-refractivity contribution in [2.75, 3.05) is 13.1 Å². The SMILES string of the molecule is O=C(NCc1ccccn1)C1CCN(S(=O)(=O)c2ccc(Cl)c(Cl)c2)CC1. The van der Waals surface area contributed by atoms with Gasteiger partial charge in [-0.3, -0.25) is 9.78 Å². The summed E-state index contributed by atoms with van der Waals surface area (Å²) in [5.74, 6) is -0.291. The van der Waals surface area contributed by atoms with Gasteiger partial charge in [-0.1, -0.05) is 29.3 Å². The molecule has 0 atom stereocenters. The molecule has 1 aliphatic heterocycles. The highest BCUT2D eigenvalue weighted by atomic mass is 35.5. The summed E-state index contributed by atoms with van der Waals surface area (Å²) in [6.45, 7) is 0.927. The van der Waals surface area contributed by atoms with Gasteiger partial charge >= 0.3 is 0 Å².